The molecule has 0 amide bonds. The third-order valence-electron chi connectivity index (χ3n) is 4.83. The minimum atomic E-state index is -1.24. The molecule has 0 aliphatic heterocycles. The second-order valence-electron chi connectivity index (χ2n) is 7.27. The molecule has 3 aromatic rings. The first-order valence-electron chi connectivity index (χ1n) is 10.2. The fourth-order valence-corrected chi connectivity index (χ4v) is 3.09. The Morgan fingerprint density at radius 1 is 0.618 bits per heavy atom. The van der Waals surface area contributed by atoms with Crippen LogP contribution in [0.2, 0.25) is 0 Å². The van der Waals surface area contributed by atoms with E-state index in [1.54, 1.807) is 24.3 Å². The van der Waals surface area contributed by atoms with E-state index in [9.17, 15) is 19.8 Å². The van der Waals surface area contributed by atoms with Crippen LogP contribution in [0.3, 0.4) is 0 Å². The molecule has 34 heavy (non-hydrogen) atoms. The van der Waals surface area contributed by atoms with Crippen LogP contribution in [0.5, 0.6) is 0 Å². The van der Waals surface area contributed by atoms with Crippen LogP contribution in [0, 0.1) is 0 Å². The molecule has 0 aromatic heterocycles. The summed E-state index contributed by atoms with van der Waals surface area (Å²) in [4.78, 5) is 31.1. The molecule has 162 valence electrons. The smallest absolute Gasteiger partial charge is 0.548 e. The van der Waals surface area contributed by atoms with Gasteiger partial charge in [0, 0.05) is 25.3 Å². The summed E-state index contributed by atoms with van der Waals surface area (Å²) in [5.74, 6) is -2.47. The largest absolute Gasteiger partial charge is 1.00 e. The Hall–Kier alpha value is -2.06. The van der Waals surface area contributed by atoms with Gasteiger partial charge >= 0.3 is 59.1 Å². The predicted molar refractivity (Wildman–Crippen MR) is 120 cm³/mol. The Balaban J connectivity index is 0.00000289. The standard InChI is InChI=1S/C26H24N2O4.2Na/c29-25(30)23(15-19-7-3-1-4-8-19)27-17-21-11-13-22(14-12-21)18-28-24(26(31)32)16-20-9-5-2-6-10-20;;/h1-14,17-18,23-24H,15-16H2,(H,29,30)(H,31,32);;/q;2*+1/p-2/t23-,24-;;/m0../s1. The molecule has 0 bridgehead atoms. The van der Waals surface area contributed by atoms with Crippen LogP contribution in [0.4, 0.5) is 0 Å². The summed E-state index contributed by atoms with van der Waals surface area (Å²) in [5, 5.41) is 22.8. The van der Waals surface area contributed by atoms with Gasteiger partial charge in [-0.2, -0.15) is 0 Å². The number of carbonyl (C=O) groups is 2. The first kappa shape index (κ1) is 30.0. The van der Waals surface area contributed by atoms with Crippen molar-refractivity contribution in [1.29, 1.82) is 0 Å². The molecule has 3 aromatic carbocycles. The van der Waals surface area contributed by atoms with Crippen molar-refractivity contribution in [2.75, 3.05) is 0 Å². The summed E-state index contributed by atoms with van der Waals surface area (Å²) in [6.07, 6.45) is 3.47. The van der Waals surface area contributed by atoms with Crippen LogP contribution >= 0.6 is 0 Å². The molecular weight excluding hydrogens is 450 g/mol. The Kier molecular flexibility index (Phi) is 13.9. The van der Waals surface area contributed by atoms with Crippen molar-refractivity contribution in [3.63, 3.8) is 0 Å². The Labute approximate surface area is 243 Å². The third kappa shape index (κ3) is 10.1. The molecule has 2 atom stereocenters. The maximum atomic E-state index is 11.4. The van der Waals surface area contributed by atoms with Crippen molar-refractivity contribution in [2.45, 2.75) is 24.9 Å². The molecule has 0 fully saturated rings. The Morgan fingerprint density at radius 2 is 0.941 bits per heavy atom. The average molecular weight is 472 g/mol. The average Bonchev–Trinajstić information content (AvgIpc) is 2.81. The van der Waals surface area contributed by atoms with Gasteiger partial charge in [0.25, 0.3) is 0 Å². The van der Waals surface area contributed by atoms with Gasteiger partial charge in [-0.3, -0.25) is 9.98 Å². The number of carboxylic acids is 2. The Morgan fingerprint density at radius 3 is 1.24 bits per heavy atom. The van der Waals surface area contributed by atoms with E-state index < -0.39 is 24.0 Å². The molecule has 0 aliphatic rings. The fourth-order valence-electron chi connectivity index (χ4n) is 3.09. The zero-order valence-corrected chi connectivity index (χ0v) is 23.3. The van der Waals surface area contributed by atoms with E-state index in [1.165, 1.54) is 12.4 Å². The number of benzene rings is 3. The first-order valence-corrected chi connectivity index (χ1v) is 10.2. The molecule has 3 rings (SSSR count). The molecule has 0 radical (unpaired) electrons. The minimum absolute atomic E-state index is 0. The van der Waals surface area contributed by atoms with E-state index >= 15 is 0 Å². The summed E-state index contributed by atoms with van der Waals surface area (Å²) in [6, 6.07) is 23.5. The maximum Gasteiger partial charge on any atom is 1.00 e. The van der Waals surface area contributed by atoms with Gasteiger partial charge in [-0.05, 0) is 22.3 Å². The number of hydrogen-bond acceptors (Lipinski definition) is 6. The van der Waals surface area contributed by atoms with E-state index in [-0.39, 0.29) is 72.0 Å². The van der Waals surface area contributed by atoms with Crippen molar-refractivity contribution >= 4 is 24.4 Å². The number of carboxylic acid groups (broad SMARTS) is 2. The van der Waals surface area contributed by atoms with Crippen molar-refractivity contribution < 1.29 is 78.9 Å². The van der Waals surface area contributed by atoms with Crippen molar-refractivity contribution in [1.82, 2.24) is 0 Å². The molecule has 0 spiro atoms. The topological polar surface area (TPSA) is 105 Å². The second kappa shape index (κ2) is 15.8. The molecule has 0 heterocycles. The predicted octanol–water partition coefficient (Wildman–Crippen LogP) is -4.75. The van der Waals surface area contributed by atoms with Crippen LogP contribution in [0.25, 0.3) is 0 Å². The van der Waals surface area contributed by atoms with Crippen LogP contribution < -0.4 is 69.3 Å². The van der Waals surface area contributed by atoms with Crippen molar-refractivity contribution in [3.05, 3.63) is 107 Å². The van der Waals surface area contributed by atoms with Crippen molar-refractivity contribution in [2.24, 2.45) is 9.98 Å². The monoisotopic (exact) mass is 472 g/mol. The summed E-state index contributed by atoms with van der Waals surface area (Å²) in [6.45, 7) is 0. The van der Waals surface area contributed by atoms with E-state index in [0.717, 1.165) is 11.1 Å². The summed E-state index contributed by atoms with van der Waals surface area (Å²) in [5.41, 5.74) is 3.15. The zero-order chi connectivity index (χ0) is 22.8. The number of hydrogen-bond donors (Lipinski definition) is 0. The molecule has 0 saturated carbocycles. The van der Waals surface area contributed by atoms with Gasteiger partial charge in [0.15, 0.2) is 0 Å². The van der Waals surface area contributed by atoms with Gasteiger partial charge in [-0.1, -0.05) is 84.9 Å². The normalized spacial score (nSPS) is 12.5. The minimum Gasteiger partial charge on any atom is -0.548 e. The molecule has 0 aliphatic carbocycles. The Bertz CT molecular complexity index is 1000. The fraction of sp³-hybridized carbons (Fsp3) is 0.154. The van der Waals surface area contributed by atoms with E-state index in [1.807, 2.05) is 60.7 Å². The molecule has 6 nitrogen and oxygen atoms in total. The van der Waals surface area contributed by atoms with Crippen LogP contribution in [0.1, 0.15) is 22.3 Å². The van der Waals surface area contributed by atoms with Crippen molar-refractivity contribution in [3.8, 4) is 0 Å². The SMILES string of the molecule is O=C([O-])[C@H](Cc1ccccc1)N=Cc1ccc(C=N[C@@H](Cc2ccccc2)C(=O)[O-])cc1.[Na+].[Na+]. The third-order valence-corrected chi connectivity index (χ3v) is 4.83. The van der Waals surface area contributed by atoms with Crippen LogP contribution in [-0.2, 0) is 22.4 Å². The van der Waals surface area contributed by atoms with Gasteiger partial charge < -0.3 is 19.8 Å². The van der Waals surface area contributed by atoms with Crippen LogP contribution in [0.15, 0.2) is 94.9 Å². The maximum absolute atomic E-state index is 11.4. The van der Waals surface area contributed by atoms with E-state index in [0.29, 0.717) is 11.1 Å². The number of aliphatic carboxylic acids is 2. The van der Waals surface area contributed by atoms with Crippen LogP contribution in [-0.4, -0.2) is 36.5 Å². The van der Waals surface area contributed by atoms with Gasteiger partial charge in [-0.15, -0.1) is 0 Å². The number of aliphatic imine (C=N–C) groups is 2. The quantitative estimate of drug-likeness (QED) is 0.218. The molecular formula is C26H22N2Na2O4. The molecule has 0 N–H and O–H groups in total. The molecule has 8 heteroatoms. The van der Waals surface area contributed by atoms with E-state index in [2.05, 4.69) is 9.98 Å². The first-order chi connectivity index (χ1) is 15.5. The molecule has 0 unspecified atom stereocenters. The molecule has 0 saturated heterocycles. The van der Waals surface area contributed by atoms with Gasteiger partial charge in [0.1, 0.15) is 0 Å². The second-order valence-corrected chi connectivity index (χ2v) is 7.27. The summed E-state index contributed by atoms with van der Waals surface area (Å²) >= 11 is 0. The zero-order valence-electron chi connectivity index (χ0n) is 19.3. The van der Waals surface area contributed by atoms with Gasteiger partial charge in [0.2, 0.25) is 0 Å². The number of rotatable bonds is 10. The number of nitrogens with zero attached hydrogens (tertiary/aromatic N) is 2. The summed E-state index contributed by atoms with van der Waals surface area (Å²) in [7, 11) is 0. The number of carbonyl (C=O) groups excluding carboxylic acids is 2. The van der Waals surface area contributed by atoms with Gasteiger partial charge in [0.05, 0.1) is 24.0 Å². The van der Waals surface area contributed by atoms with E-state index in [4.69, 9.17) is 0 Å². The van der Waals surface area contributed by atoms with Gasteiger partial charge in [-0.25, -0.2) is 0 Å². The summed E-state index contributed by atoms with van der Waals surface area (Å²) < 4.78 is 0.